The minimum absolute atomic E-state index is 0.0148. The van der Waals surface area contributed by atoms with Gasteiger partial charge in [0, 0.05) is 17.5 Å². The molecule has 3 aromatic rings. The van der Waals surface area contributed by atoms with Crippen molar-refractivity contribution in [2.24, 2.45) is 5.92 Å². The molecule has 1 aromatic heterocycles. The lowest BCUT2D eigenvalue weighted by Gasteiger charge is -2.26. The van der Waals surface area contributed by atoms with E-state index in [2.05, 4.69) is 5.32 Å². The van der Waals surface area contributed by atoms with E-state index in [1.54, 1.807) is 34.6 Å². The van der Waals surface area contributed by atoms with E-state index < -0.39 is 6.04 Å². The van der Waals surface area contributed by atoms with E-state index in [-0.39, 0.29) is 11.8 Å². The van der Waals surface area contributed by atoms with Gasteiger partial charge < -0.3 is 24.3 Å². The zero-order valence-electron chi connectivity index (χ0n) is 20.2. The number of ether oxygens (including phenoxy) is 4. The average Bonchev–Trinajstić information content (AvgIpc) is 2.90. The molecular weight excluding hydrogens is 432 g/mol. The van der Waals surface area contributed by atoms with Crippen molar-refractivity contribution in [3.05, 3.63) is 53.9 Å². The molecule has 1 aliphatic carbocycles. The molecule has 0 bridgehead atoms. The lowest BCUT2D eigenvalue weighted by atomic mass is 9.88. The van der Waals surface area contributed by atoms with E-state index in [4.69, 9.17) is 23.9 Å². The normalized spacial score (nSPS) is 14.9. The van der Waals surface area contributed by atoms with Crippen LogP contribution in [0.4, 0.5) is 0 Å². The van der Waals surface area contributed by atoms with Crippen molar-refractivity contribution >= 4 is 16.7 Å². The highest BCUT2D eigenvalue weighted by atomic mass is 16.5. The monoisotopic (exact) mass is 464 g/mol. The van der Waals surface area contributed by atoms with Crippen LogP contribution in [-0.4, -0.2) is 39.3 Å². The molecule has 34 heavy (non-hydrogen) atoms. The topological polar surface area (TPSA) is 78.9 Å². The molecule has 1 N–H and O–H groups in total. The highest BCUT2D eigenvalue weighted by molar-refractivity contribution is 5.89. The summed E-state index contributed by atoms with van der Waals surface area (Å²) in [6.45, 7) is 0. The van der Waals surface area contributed by atoms with E-state index in [0.717, 1.165) is 47.7 Å². The number of benzene rings is 2. The maximum Gasteiger partial charge on any atom is 0.223 e. The number of hydrogen-bond donors (Lipinski definition) is 1. The van der Waals surface area contributed by atoms with E-state index in [1.165, 1.54) is 6.42 Å². The summed E-state index contributed by atoms with van der Waals surface area (Å²) in [6.07, 6.45) is 6.95. The number of carbonyl (C=O) groups excluding carboxylic acids is 1. The number of methoxy groups -OCH3 is 4. The molecule has 180 valence electrons. The number of aromatic nitrogens is 1. The van der Waals surface area contributed by atoms with Gasteiger partial charge in [-0.1, -0.05) is 25.3 Å². The first-order valence-corrected chi connectivity index (χ1v) is 11.6. The van der Waals surface area contributed by atoms with Crippen LogP contribution in [0.1, 0.15) is 49.4 Å². The van der Waals surface area contributed by atoms with Crippen LogP contribution in [0.2, 0.25) is 0 Å². The fourth-order valence-corrected chi connectivity index (χ4v) is 4.72. The molecule has 0 radical (unpaired) electrons. The molecule has 1 heterocycles. The largest absolute Gasteiger partial charge is 0.493 e. The number of fused-ring (bicyclic) bond motifs is 1. The van der Waals surface area contributed by atoms with Gasteiger partial charge in [0.2, 0.25) is 5.91 Å². The highest BCUT2D eigenvalue weighted by Crippen LogP contribution is 2.38. The van der Waals surface area contributed by atoms with Crippen molar-refractivity contribution in [3.63, 3.8) is 0 Å². The summed E-state index contributed by atoms with van der Waals surface area (Å²) < 4.78 is 22.0. The van der Waals surface area contributed by atoms with Gasteiger partial charge in [0.25, 0.3) is 0 Å². The number of nitrogens with zero attached hydrogens (tertiary/aromatic N) is 1. The maximum absolute atomic E-state index is 13.4. The van der Waals surface area contributed by atoms with Crippen molar-refractivity contribution in [3.8, 4) is 23.0 Å². The van der Waals surface area contributed by atoms with Gasteiger partial charge in [0.1, 0.15) is 0 Å². The van der Waals surface area contributed by atoms with Crippen LogP contribution in [0.3, 0.4) is 0 Å². The van der Waals surface area contributed by atoms with Crippen LogP contribution < -0.4 is 24.3 Å². The van der Waals surface area contributed by atoms with Crippen LogP contribution in [0.15, 0.2) is 42.6 Å². The van der Waals surface area contributed by atoms with Gasteiger partial charge in [0.05, 0.1) is 40.2 Å². The first kappa shape index (κ1) is 23.7. The van der Waals surface area contributed by atoms with Crippen LogP contribution in [-0.2, 0) is 4.79 Å². The van der Waals surface area contributed by atoms with Gasteiger partial charge in [-0.3, -0.25) is 9.78 Å². The summed E-state index contributed by atoms with van der Waals surface area (Å²) in [5.41, 5.74) is 1.59. The Hall–Kier alpha value is -3.48. The third-order valence-corrected chi connectivity index (χ3v) is 6.58. The zero-order valence-corrected chi connectivity index (χ0v) is 20.2. The molecule has 7 nitrogen and oxygen atoms in total. The second kappa shape index (κ2) is 10.6. The fourth-order valence-electron chi connectivity index (χ4n) is 4.72. The predicted molar refractivity (Wildman–Crippen MR) is 131 cm³/mol. The molecule has 2 aromatic carbocycles. The number of nitrogens with one attached hydrogen (secondary N) is 1. The summed E-state index contributed by atoms with van der Waals surface area (Å²) in [5, 5.41) is 5.12. The molecule has 1 fully saturated rings. The molecule has 0 aliphatic heterocycles. The number of pyridine rings is 1. The second-order valence-electron chi connectivity index (χ2n) is 8.52. The van der Waals surface area contributed by atoms with Crippen molar-refractivity contribution in [2.45, 2.75) is 38.1 Å². The Labute approximate surface area is 200 Å². The van der Waals surface area contributed by atoms with Crippen molar-refractivity contribution in [1.29, 1.82) is 0 Å². The molecule has 0 unspecified atom stereocenters. The summed E-state index contributed by atoms with van der Waals surface area (Å²) in [4.78, 5) is 18.1. The quantitative estimate of drug-likeness (QED) is 0.502. The van der Waals surface area contributed by atoms with Gasteiger partial charge >= 0.3 is 0 Å². The lowest BCUT2D eigenvalue weighted by Crippen LogP contribution is -2.36. The van der Waals surface area contributed by atoms with Crippen LogP contribution in [0.25, 0.3) is 10.8 Å². The molecule has 0 saturated heterocycles. The van der Waals surface area contributed by atoms with Crippen LogP contribution >= 0.6 is 0 Å². The number of amides is 1. The molecule has 7 heteroatoms. The minimum Gasteiger partial charge on any atom is -0.493 e. The Morgan fingerprint density at radius 2 is 1.50 bits per heavy atom. The molecule has 1 atom stereocenters. The summed E-state index contributed by atoms with van der Waals surface area (Å²) in [6, 6.07) is 11.0. The molecule has 1 saturated carbocycles. The van der Waals surface area contributed by atoms with E-state index in [9.17, 15) is 4.79 Å². The standard InChI is InChI=1S/C27H32N2O5/c1-31-21-11-10-19(15-22(21)32-2)25(29-27(30)17-8-6-5-7-9-17)26-20-16-24(34-4)23(33-3)14-18(20)12-13-28-26/h10-17,25H,5-9H2,1-4H3,(H,29,30)/t25-/m1/s1. The molecule has 1 amide bonds. The van der Waals surface area contributed by atoms with Crippen molar-refractivity contribution < 1.29 is 23.7 Å². The Balaban J connectivity index is 1.84. The van der Waals surface area contributed by atoms with Gasteiger partial charge in [-0.15, -0.1) is 0 Å². The predicted octanol–water partition coefficient (Wildman–Crippen LogP) is 5.06. The Morgan fingerprint density at radius 3 is 2.18 bits per heavy atom. The minimum atomic E-state index is -0.476. The van der Waals surface area contributed by atoms with Crippen molar-refractivity contribution in [2.75, 3.05) is 28.4 Å². The first-order valence-electron chi connectivity index (χ1n) is 11.6. The summed E-state index contributed by atoms with van der Waals surface area (Å²) >= 11 is 0. The Morgan fingerprint density at radius 1 is 0.853 bits per heavy atom. The van der Waals surface area contributed by atoms with Crippen molar-refractivity contribution in [1.82, 2.24) is 10.3 Å². The number of hydrogen-bond acceptors (Lipinski definition) is 6. The van der Waals surface area contributed by atoms with Crippen LogP contribution in [0.5, 0.6) is 23.0 Å². The second-order valence-corrected chi connectivity index (χ2v) is 8.52. The smallest absolute Gasteiger partial charge is 0.223 e. The fraction of sp³-hybridized carbons (Fsp3) is 0.407. The third kappa shape index (κ3) is 4.74. The number of carbonyl (C=O) groups is 1. The van der Waals surface area contributed by atoms with Gasteiger partial charge in [-0.2, -0.15) is 0 Å². The molecular formula is C27H32N2O5. The molecule has 0 spiro atoms. The molecule has 4 rings (SSSR count). The van der Waals surface area contributed by atoms with E-state index in [0.29, 0.717) is 23.0 Å². The van der Waals surface area contributed by atoms with E-state index in [1.807, 2.05) is 36.4 Å². The van der Waals surface area contributed by atoms with Gasteiger partial charge in [-0.05, 0) is 54.1 Å². The SMILES string of the molecule is COc1ccc([C@@H](NC(=O)C2CCCCC2)c2nccc3cc(OC)c(OC)cc23)cc1OC. The lowest BCUT2D eigenvalue weighted by molar-refractivity contribution is -0.126. The third-order valence-electron chi connectivity index (χ3n) is 6.58. The first-order chi connectivity index (χ1) is 16.6. The highest BCUT2D eigenvalue weighted by Gasteiger charge is 2.27. The molecule has 1 aliphatic rings. The van der Waals surface area contributed by atoms with E-state index >= 15 is 0 Å². The number of rotatable bonds is 8. The summed E-state index contributed by atoms with van der Waals surface area (Å²) in [7, 11) is 6.43. The Kier molecular flexibility index (Phi) is 7.40. The maximum atomic E-state index is 13.4. The Bertz CT molecular complexity index is 1160. The van der Waals surface area contributed by atoms with Crippen LogP contribution in [0, 0.1) is 5.92 Å². The van der Waals surface area contributed by atoms with Gasteiger partial charge in [-0.25, -0.2) is 0 Å². The average molecular weight is 465 g/mol. The van der Waals surface area contributed by atoms with Gasteiger partial charge in [0.15, 0.2) is 23.0 Å². The zero-order chi connectivity index (χ0) is 24.1. The summed E-state index contributed by atoms with van der Waals surface area (Å²) in [5.74, 6) is 2.53.